The molecule has 0 spiro atoms. The van der Waals surface area contributed by atoms with Crippen LogP contribution in [0.2, 0.25) is 0 Å². The monoisotopic (exact) mass is 532 g/mol. The van der Waals surface area contributed by atoms with Gasteiger partial charge in [-0.2, -0.15) is 0 Å². The van der Waals surface area contributed by atoms with Gasteiger partial charge in [0.25, 0.3) is 5.91 Å². The number of carbonyl (C=O) groups is 1. The largest absolute Gasteiger partial charge is 0.504 e. The van der Waals surface area contributed by atoms with Gasteiger partial charge in [-0.15, -0.1) is 0 Å². The van der Waals surface area contributed by atoms with Crippen LogP contribution in [0.4, 0.5) is 0 Å². The van der Waals surface area contributed by atoms with Crippen LogP contribution in [-0.4, -0.2) is 75.4 Å². The van der Waals surface area contributed by atoms with E-state index in [0.29, 0.717) is 52.8 Å². The summed E-state index contributed by atoms with van der Waals surface area (Å²) in [5.74, 6) is 1.58. The molecule has 1 fully saturated rings. The van der Waals surface area contributed by atoms with E-state index in [0.717, 1.165) is 19.6 Å². The first-order chi connectivity index (χ1) is 18.9. The van der Waals surface area contributed by atoms with Gasteiger partial charge in [-0.05, 0) is 54.0 Å². The predicted molar refractivity (Wildman–Crippen MR) is 152 cm³/mol. The summed E-state index contributed by atoms with van der Waals surface area (Å²) in [6.45, 7) is 5.67. The molecule has 0 atom stereocenters. The summed E-state index contributed by atoms with van der Waals surface area (Å²) in [6.07, 6.45) is 1.76. The lowest BCUT2D eigenvalue weighted by molar-refractivity contribution is -0.126. The second kappa shape index (κ2) is 12.6. The van der Waals surface area contributed by atoms with Crippen molar-refractivity contribution < 1.29 is 28.8 Å². The van der Waals surface area contributed by atoms with Crippen molar-refractivity contribution in [2.75, 3.05) is 54.6 Å². The van der Waals surface area contributed by atoms with E-state index in [1.807, 2.05) is 4.90 Å². The molecular weight excluding hydrogens is 496 g/mol. The fraction of sp³-hybridized carbons (Fsp3) is 0.323. The Kier molecular flexibility index (Phi) is 8.99. The normalized spacial score (nSPS) is 14.2. The average molecular weight is 533 g/mol. The first-order valence-corrected chi connectivity index (χ1v) is 12.8. The number of nitrogens with zero attached hydrogens (tertiary/aromatic N) is 2. The maximum absolute atomic E-state index is 14.0. The van der Waals surface area contributed by atoms with Crippen molar-refractivity contribution in [3.8, 4) is 28.7 Å². The third-order valence-corrected chi connectivity index (χ3v) is 6.91. The van der Waals surface area contributed by atoms with Crippen LogP contribution >= 0.6 is 0 Å². The van der Waals surface area contributed by atoms with Crippen LogP contribution in [0.25, 0.3) is 11.6 Å². The van der Waals surface area contributed by atoms with E-state index in [-0.39, 0.29) is 11.7 Å². The molecule has 1 heterocycles. The van der Waals surface area contributed by atoms with Crippen molar-refractivity contribution in [3.05, 3.63) is 76.9 Å². The van der Waals surface area contributed by atoms with Crippen LogP contribution in [-0.2, 0) is 11.3 Å². The van der Waals surface area contributed by atoms with Gasteiger partial charge in [0.05, 0.1) is 28.4 Å². The molecule has 0 radical (unpaired) electrons. The number of rotatable bonds is 9. The van der Waals surface area contributed by atoms with Gasteiger partial charge in [-0.25, -0.2) is 0 Å². The summed E-state index contributed by atoms with van der Waals surface area (Å²) in [6, 6.07) is 17.1. The summed E-state index contributed by atoms with van der Waals surface area (Å²) in [5, 5.41) is 10.3. The highest BCUT2D eigenvalue weighted by Crippen LogP contribution is 2.41. The number of amides is 1. The molecule has 1 aliphatic rings. The van der Waals surface area contributed by atoms with Gasteiger partial charge < -0.3 is 29.0 Å². The summed E-state index contributed by atoms with van der Waals surface area (Å²) in [7, 11) is 6.12. The average Bonchev–Trinajstić information content (AvgIpc) is 2.96. The number of methoxy groups -OCH3 is 4. The number of carbonyl (C=O) groups excluding carboxylic acids is 1. The molecule has 1 amide bonds. The third kappa shape index (κ3) is 6.46. The Morgan fingerprint density at radius 2 is 1.44 bits per heavy atom. The van der Waals surface area contributed by atoms with Gasteiger partial charge >= 0.3 is 0 Å². The van der Waals surface area contributed by atoms with Gasteiger partial charge in [0, 0.05) is 38.3 Å². The van der Waals surface area contributed by atoms with E-state index in [1.165, 1.54) is 25.3 Å². The van der Waals surface area contributed by atoms with Crippen LogP contribution < -0.4 is 18.9 Å². The first kappa shape index (κ1) is 27.9. The standard InChI is InChI=1S/C31H36N2O6/c1-21-6-8-22(9-7-21)20-32-12-14-33(15-13-32)31(35)25(16-23-10-11-27(36-2)26(34)17-23)24-18-28(37-3)30(39-5)29(19-24)38-4/h6-11,16-19,34H,12-15,20H2,1-5H3/b25-16+. The number of phenols is 1. The number of hydrogen-bond donors (Lipinski definition) is 1. The zero-order valence-electron chi connectivity index (χ0n) is 23.2. The number of phenolic OH excluding ortho intramolecular Hbond substituents is 1. The summed E-state index contributed by atoms with van der Waals surface area (Å²) < 4.78 is 21.8. The van der Waals surface area contributed by atoms with Crippen molar-refractivity contribution >= 4 is 17.6 Å². The molecule has 3 aromatic rings. The molecule has 0 aliphatic carbocycles. The molecule has 4 rings (SSSR count). The Morgan fingerprint density at radius 1 is 0.821 bits per heavy atom. The van der Waals surface area contributed by atoms with Gasteiger partial charge in [-0.1, -0.05) is 35.9 Å². The van der Waals surface area contributed by atoms with Crippen LogP contribution in [0.3, 0.4) is 0 Å². The zero-order valence-corrected chi connectivity index (χ0v) is 23.2. The fourth-order valence-corrected chi connectivity index (χ4v) is 4.70. The van der Waals surface area contributed by atoms with E-state index < -0.39 is 0 Å². The zero-order chi connectivity index (χ0) is 27.9. The van der Waals surface area contributed by atoms with Gasteiger partial charge in [-0.3, -0.25) is 9.69 Å². The quantitative estimate of drug-likeness (QED) is 0.318. The Balaban J connectivity index is 1.64. The number of aromatic hydroxyl groups is 1. The highest BCUT2D eigenvalue weighted by molar-refractivity contribution is 6.24. The number of piperazine rings is 1. The van der Waals surface area contributed by atoms with Crippen molar-refractivity contribution in [3.63, 3.8) is 0 Å². The van der Waals surface area contributed by atoms with Crippen molar-refractivity contribution in [1.29, 1.82) is 0 Å². The van der Waals surface area contributed by atoms with E-state index >= 15 is 0 Å². The van der Waals surface area contributed by atoms with Crippen molar-refractivity contribution in [2.24, 2.45) is 0 Å². The molecule has 1 saturated heterocycles. The van der Waals surface area contributed by atoms with E-state index in [1.54, 1.807) is 50.6 Å². The molecule has 8 heteroatoms. The van der Waals surface area contributed by atoms with Crippen LogP contribution in [0.5, 0.6) is 28.7 Å². The highest BCUT2D eigenvalue weighted by atomic mass is 16.5. The summed E-state index contributed by atoms with van der Waals surface area (Å²) in [5.41, 5.74) is 4.23. The SMILES string of the molecule is COc1ccc(/C=C(/C(=O)N2CCN(Cc3ccc(C)cc3)CC2)c2cc(OC)c(OC)c(OC)c2)cc1O. The Morgan fingerprint density at radius 3 is 1.97 bits per heavy atom. The molecular formula is C31H36N2O6. The van der Waals surface area contributed by atoms with Crippen molar-refractivity contribution in [1.82, 2.24) is 9.80 Å². The number of ether oxygens (including phenoxy) is 4. The second-order valence-corrected chi connectivity index (χ2v) is 9.46. The Labute approximate surface area is 230 Å². The molecule has 8 nitrogen and oxygen atoms in total. The maximum Gasteiger partial charge on any atom is 0.254 e. The molecule has 1 aliphatic heterocycles. The smallest absolute Gasteiger partial charge is 0.254 e. The minimum atomic E-state index is -0.116. The topological polar surface area (TPSA) is 80.7 Å². The molecule has 39 heavy (non-hydrogen) atoms. The predicted octanol–water partition coefficient (Wildman–Crippen LogP) is 4.62. The first-order valence-electron chi connectivity index (χ1n) is 12.8. The molecule has 3 aromatic carbocycles. The Bertz CT molecular complexity index is 1300. The second-order valence-electron chi connectivity index (χ2n) is 9.46. The molecule has 0 saturated carbocycles. The highest BCUT2D eigenvalue weighted by Gasteiger charge is 2.26. The maximum atomic E-state index is 14.0. The summed E-state index contributed by atoms with van der Waals surface area (Å²) >= 11 is 0. The van der Waals surface area contributed by atoms with E-state index in [4.69, 9.17) is 18.9 Å². The van der Waals surface area contributed by atoms with Gasteiger partial charge in [0.15, 0.2) is 23.0 Å². The lowest BCUT2D eigenvalue weighted by Gasteiger charge is -2.35. The van der Waals surface area contributed by atoms with Crippen LogP contribution in [0.1, 0.15) is 22.3 Å². The van der Waals surface area contributed by atoms with Crippen LogP contribution in [0.15, 0.2) is 54.6 Å². The number of benzene rings is 3. The number of aryl methyl sites for hydroxylation is 1. The summed E-state index contributed by atoms with van der Waals surface area (Å²) in [4.78, 5) is 18.2. The minimum Gasteiger partial charge on any atom is -0.504 e. The van der Waals surface area contributed by atoms with Crippen molar-refractivity contribution in [2.45, 2.75) is 13.5 Å². The lowest BCUT2D eigenvalue weighted by Crippen LogP contribution is -2.48. The molecule has 0 aromatic heterocycles. The minimum absolute atomic E-state index is 0.00680. The van der Waals surface area contributed by atoms with E-state index in [2.05, 4.69) is 36.1 Å². The molecule has 0 unspecified atom stereocenters. The lowest BCUT2D eigenvalue weighted by atomic mass is 9.99. The van der Waals surface area contributed by atoms with Gasteiger partial charge in [0.2, 0.25) is 5.75 Å². The number of hydrogen-bond acceptors (Lipinski definition) is 7. The Hall–Kier alpha value is -4.17. The van der Waals surface area contributed by atoms with Crippen LogP contribution in [0, 0.1) is 6.92 Å². The molecule has 0 bridgehead atoms. The molecule has 1 N–H and O–H groups in total. The fourth-order valence-electron chi connectivity index (χ4n) is 4.70. The third-order valence-electron chi connectivity index (χ3n) is 6.91. The molecule has 206 valence electrons. The van der Waals surface area contributed by atoms with Gasteiger partial charge in [0.1, 0.15) is 0 Å². The van der Waals surface area contributed by atoms with E-state index in [9.17, 15) is 9.90 Å².